The molecule has 0 bridgehead atoms. The fraction of sp³-hybridized carbons (Fsp3) is 0.689. The normalized spacial score (nSPS) is 12.8. The van der Waals surface area contributed by atoms with Crippen molar-refractivity contribution in [3.63, 3.8) is 0 Å². The zero-order valence-corrected chi connectivity index (χ0v) is 43.6. The molecule has 6 heteroatoms. The number of allylic oxidation sites excluding steroid dienone is 16. The zero-order chi connectivity index (χ0) is 48.6. The Hall–Kier alpha value is -3.67. The molecular weight excluding hydrogens is 829 g/mol. The molecule has 0 aliphatic rings. The second-order valence-corrected chi connectivity index (χ2v) is 18.1. The zero-order valence-electron chi connectivity index (χ0n) is 43.6. The third-order valence-corrected chi connectivity index (χ3v) is 11.5. The van der Waals surface area contributed by atoms with Crippen LogP contribution in [0.5, 0.6) is 0 Å². The number of hydrogen-bond acceptors (Lipinski definition) is 6. The third kappa shape index (κ3) is 53.2. The monoisotopic (exact) mass is 931 g/mol. The Morgan fingerprint density at radius 1 is 0.313 bits per heavy atom. The van der Waals surface area contributed by atoms with Gasteiger partial charge in [-0.25, -0.2) is 0 Å². The van der Waals surface area contributed by atoms with E-state index in [1.54, 1.807) is 0 Å². The van der Waals surface area contributed by atoms with Crippen molar-refractivity contribution in [2.75, 3.05) is 13.2 Å². The van der Waals surface area contributed by atoms with Gasteiger partial charge < -0.3 is 14.2 Å². The summed E-state index contributed by atoms with van der Waals surface area (Å²) in [6.07, 6.45) is 72.5. The van der Waals surface area contributed by atoms with Crippen LogP contribution >= 0.6 is 0 Å². The van der Waals surface area contributed by atoms with E-state index >= 15 is 0 Å². The molecule has 0 rings (SSSR count). The standard InChI is InChI=1S/C61H102O6/c1-4-7-10-13-16-19-22-25-28-30-33-36-39-42-45-48-51-54-60(63)66-57-58(56-65-59(62)53-50-47-44-41-38-35-32-27-24-21-18-15-12-9-6-3)67-61(64)55-52-49-46-43-40-37-34-31-29-26-23-20-17-14-11-8-5-2/h9,12,17-18,20-21,25-29,32,34,37-38,41,58H,4-8,10-11,13-16,19,22-24,30-31,33,35-36,39-40,42-57H2,1-3H3/b12-9-,20-17-,21-18-,28-25-,29-26-,32-27-,37-34-,41-38-/t58-/m1/s1. The molecule has 0 fully saturated rings. The van der Waals surface area contributed by atoms with E-state index in [4.69, 9.17) is 14.2 Å². The van der Waals surface area contributed by atoms with Gasteiger partial charge in [0.05, 0.1) is 0 Å². The first-order valence-corrected chi connectivity index (χ1v) is 27.7. The molecule has 382 valence electrons. The number of hydrogen-bond donors (Lipinski definition) is 0. The Morgan fingerprint density at radius 3 is 0.985 bits per heavy atom. The predicted octanol–water partition coefficient (Wildman–Crippen LogP) is 18.5. The van der Waals surface area contributed by atoms with Gasteiger partial charge in [0, 0.05) is 19.3 Å². The molecule has 0 aromatic heterocycles. The molecule has 0 spiro atoms. The fourth-order valence-electron chi connectivity index (χ4n) is 7.37. The molecule has 0 saturated heterocycles. The van der Waals surface area contributed by atoms with Crippen LogP contribution in [-0.2, 0) is 28.6 Å². The van der Waals surface area contributed by atoms with E-state index < -0.39 is 6.10 Å². The minimum Gasteiger partial charge on any atom is -0.462 e. The number of unbranched alkanes of at least 4 members (excludes halogenated alkanes) is 22. The lowest BCUT2D eigenvalue weighted by molar-refractivity contribution is -0.167. The largest absolute Gasteiger partial charge is 0.462 e. The van der Waals surface area contributed by atoms with Crippen molar-refractivity contribution in [2.45, 2.75) is 258 Å². The van der Waals surface area contributed by atoms with Crippen molar-refractivity contribution in [3.8, 4) is 0 Å². The van der Waals surface area contributed by atoms with Crippen LogP contribution in [0.15, 0.2) is 97.2 Å². The van der Waals surface area contributed by atoms with Gasteiger partial charge in [0.2, 0.25) is 0 Å². The van der Waals surface area contributed by atoms with Crippen molar-refractivity contribution in [1.29, 1.82) is 0 Å². The van der Waals surface area contributed by atoms with E-state index in [0.717, 1.165) is 109 Å². The topological polar surface area (TPSA) is 78.9 Å². The van der Waals surface area contributed by atoms with E-state index in [-0.39, 0.29) is 31.1 Å². The molecule has 1 atom stereocenters. The van der Waals surface area contributed by atoms with E-state index in [1.807, 2.05) is 0 Å². The van der Waals surface area contributed by atoms with Crippen LogP contribution in [-0.4, -0.2) is 37.2 Å². The molecule has 0 amide bonds. The minimum atomic E-state index is -0.809. The first kappa shape index (κ1) is 63.3. The van der Waals surface area contributed by atoms with E-state index in [0.29, 0.717) is 19.3 Å². The molecular formula is C61H102O6. The predicted molar refractivity (Wildman–Crippen MR) is 288 cm³/mol. The Kier molecular flexibility index (Phi) is 51.9. The number of carbonyl (C=O) groups is 3. The average molecular weight is 931 g/mol. The molecule has 0 heterocycles. The lowest BCUT2D eigenvalue weighted by atomic mass is 10.1. The van der Waals surface area contributed by atoms with Crippen LogP contribution in [0, 0.1) is 0 Å². The summed E-state index contributed by atoms with van der Waals surface area (Å²) in [4.78, 5) is 38.1. The van der Waals surface area contributed by atoms with Gasteiger partial charge in [0.25, 0.3) is 0 Å². The smallest absolute Gasteiger partial charge is 0.306 e. The van der Waals surface area contributed by atoms with Crippen molar-refractivity contribution in [3.05, 3.63) is 97.2 Å². The molecule has 0 N–H and O–H groups in total. The molecule has 6 nitrogen and oxygen atoms in total. The number of carbonyl (C=O) groups excluding carboxylic acids is 3. The summed E-state index contributed by atoms with van der Waals surface area (Å²) < 4.78 is 16.8. The second-order valence-electron chi connectivity index (χ2n) is 18.1. The summed E-state index contributed by atoms with van der Waals surface area (Å²) in [5.41, 5.74) is 0. The Bertz CT molecular complexity index is 1350. The maximum absolute atomic E-state index is 12.8. The van der Waals surface area contributed by atoms with E-state index in [9.17, 15) is 14.4 Å². The van der Waals surface area contributed by atoms with Crippen LogP contribution < -0.4 is 0 Å². The third-order valence-electron chi connectivity index (χ3n) is 11.5. The first-order valence-electron chi connectivity index (χ1n) is 27.7. The highest BCUT2D eigenvalue weighted by atomic mass is 16.6. The number of ether oxygens (including phenoxy) is 3. The van der Waals surface area contributed by atoms with E-state index in [1.165, 1.54) is 103 Å². The van der Waals surface area contributed by atoms with Crippen molar-refractivity contribution >= 4 is 17.9 Å². The van der Waals surface area contributed by atoms with Crippen LogP contribution in [0.3, 0.4) is 0 Å². The van der Waals surface area contributed by atoms with Crippen LogP contribution in [0.25, 0.3) is 0 Å². The molecule has 67 heavy (non-hydrogen) atoms. The summed E-state index contributed by atoms with van der Waals surface area (Å²) >= 11 is 0. The van der Waals surface area contributed by atoms with Gasteiger partial charge in [-0.05, 0) is 122 Å². The molecule has 0 radical (unpaired) electrons. The summed E-state index contributed by atoms with van der Waals surface area (Å²) in [6, 6.07) is 0. The SMILES string of the molecule is CC/C=C\C/C=C\C/C=C\C/C=C\CCCCC(=O)OC[C@H](COC(=O)CCCCCCCCC/C=C\CCCCCCCC)OC(=O)CCCCCC/C=C\C/C=C\C/C=C\CCCCC. The Labute approximate surface area is 413 Å². The fourth-order valence-corrected chi connectivity index (χ4v) is 7.37. The van der Waals surface area contributed by atoms with Crippen molar-refractivity contribution in [2.24, 2.45) is 0 Å². The summed E-state index contributed by atoms with van der Waals surface area (Å²) in [5, 5.41) is 0. The molecule has 0 aliphatic heterocycles. The number of esters is 3. The quantitative estimate of drug-likeness (QED) is 0.0262. The summed E-state index contributed by atoms with van der Waals surface area (Å²) in [5.74, 6) is -0.971. The molecule has 0 aromatic carbocycles. The van der Waals surface area contributed by atoms with Crippen molar-refractivity contribution < 1.29 is 28.6 Å². The average Bonchev–Trinajstić information content (AvgIpc) is 3.33. The van der Waals surface area contributed by atoms with E-state index in [2.05, 4.69) is 118 Å². The van der Waals surface area contributed by atoms with Crippen LogP contribution in [0.4, 0.5) is 0 Å². The highest BCUT2D eigenvalue weighted by Gasteiger charge is 2.19. The van der Waals surface area contributed by atoms with Gasteiger partial charge in [-0.1, -0.05) is 208 Å². The molecule has 0 saturated carbocycles. The van der Waals surface area contributed by atoms with Gasteiger partial charge in [0.1, 0.15) is 13.2 Å². The maximum Gasteiger partial charge on any atom is 0.306 e. The van der Waals surface area contributed by atoms with Gasteiger partial charge in [-0.15, -0.1) is 0 Å². The Morgan fingerprint density at radius 2 is 0.582 bits per heavy atom. The molecule has 0 aromatic rings. The lowest BCUT2D eigenvalue weighted by Crippen LogP contribution is -2.30. The van der Waals surface area contributed by atoms with Gasteiger partial charge in [-0.2, -0.15) is 0 Å². The highest BCUT2D eigenvalue weighted by molar-refractivity contribution is 5.71. The highest BCUT2D eigenvalue weighted by Crippen LogP contribution is 2.14. The minimum absolute atomic E-state index is 0.103. The van der Waals surface area contributed by atoms with Gasteiger partial charge in [0.15, 0.2) is 6.10 Å². The Balaban J connectivity index is 4.50. The van der Waals surface area contributed by atoms with Gasteiger partial charge >= 0.3 is 17.9 Å². The summed E-state index contributed by atoms with van der Waals surface area (Å²) in [7, 11) is 0. The lowest BCUT2D eigenvalue weighted by Gasteiger charge is -2.18. The molecule has 0 unspecified atom stereocenters. The van der Waals surface area contributed by atoms with Gasteiger partial charge in [-0.3, -0.25) is 14.4 Å². The molecule has 0 aliphatic carbocycles. The number of rotatable bonds is 49. The van der Waals surface area contributed by atoms with Crippen LogP contribution in [0.1, 0.15) is 252 Å². The van der Waals surface area contributed by atoms with Crippen LogP contribution in [0.2, 0.25) is 0 Å². The second kappa shape index (κ2) is 54.9. The van der Waals surface area contributed by atoms with Crippen molar-refractivity contribution in [1.82, 2.24) is 0 Å². The first-order chi connectivity index (χ1) is 33.0. The summed E-state index contributed by atoms with van der Waals surface area (Å²) in [6.45, 7) is 6.44. The maximum atomic E-state index is 12.8.